The van der Waals surface area contributed by atoms with Crippen LogP contribution in [0.3, 0.4) is 0 Å². The van der Waals surface area contributed by atoms with Gasteiger partial charge in [-0.25, -0.2) is 4.98 Å². The number of aromatic nitrogens is 2. The molecule has 0 aliphatic carbocycles. The number of nitrogens with one attached hydrogen (secondary N) is 1. The number of amides is 1. The maximum absolute atomic E-state index is 11.8. The number of imidazole rings is 1. The molecule has 0 bridgehead atoms. The van der Waals surface area contributed by atoms with Crippen LogP contribution in [0, 0.1) is 11.3 Å². The van der Waals surface area contributed by atoms with Crippen molar-refractivity contribution in [1.29, 1.82) is 5.26 Å². The van der Waals surface area contributed by atoms with Crippen LogP contribution in [0.15, 0.2) is 35.6 Å². The number of nitriles is 1. The Labute approximate surface area is 126 Å². The number of carbonyl (C=O) groups is 1. The van der Waals surface area contributed by atoms with Crippen LogP contribution >= 0.6 is 11.8 Å². The van der Waals surface area contributed by atoms with Crippen molar-refractivity contribution in [3.63, 3.8) is 0 Å². The molecule has 0 unspecified atom stereocenters. The molecule has 0 saturated heterocycles. The van der Waals surface area contributed by atoms with E-state index >= 15 is 0 Å². The Bertz CT molecular complexity index is 673. The summed E-state index contributed by atoms with van der Waals surface area (Å²) in [5.74, 6) is 0.0636. The maximum Gasteiger partial charge on any atom is 0.234 e. The monoisotopic (exact) mass is 302 g/mol. The molecule has 6 nitrogen and oxygen atoms in total. The van der Waals surface area contributed by atoms with Crippen molar-refractivity contribution in [2.24, 2.45) is 7.05 Å². The van der Waals surface area contributed by atoms with Gasteiger partial charge in [0.1, 0.15) is 0 Å². The number of hydrogen-bond donors (Lipinski definition) is 2. The predicted octanol–water partition coefficient (Wildman–Crippen LogP) is 1.51. The molecule has 1 amide bonds. The summed E-state index contributed by atoms with van der Waals surface area (Å²) in [5, 5.41) is 21.2. The topological polar surface area (TPSA) is 90.9 Å². The Hall–Kier alpha value is -2.30. The molecule has 1 heterocycles. The molecule has 0 atom stereocenters. The fourth-order valence-corrected chi connectivity index (χ4v) is 2.43. The quantitative estimate of drug-likeness (QED) is 0.817. The third kappa shape index (κ3) is 3.84. The summed E-state index contributed by atoms with van der Waals surface area (Å²) in [6.45, 7) is -0.0818. The number of carbonyl (C=O) groups excluding carboxylic acids is 1. The SMILES string of the molecule is Cn1c(CO)cnc1SCC(=O)Nc1ccc(C#N)cc1. The smallest absolute Gasteiger partial charge is 0.234 e. The minimum Gasteiger partial charge on any atom is -0.390 e. The maximum atomic E-state index is 11.8. The molecule has 108 valence electrons. The third-order valence-corrected chi connectivity index (χ3v) is 3.88. The summed E-state index contributed by atoms with van der Waals surface area (Å²) in [6, 6.07) is 8.69. The Morgan fingerprint density at radius 2 is 2.19 bits per heavy atom. The zero-order chi connectivity index (χ0) is 15.2. The number of anilines is 1. The van der Waals surface area contributed by atoms with Crippen molar-refractivity contribution in [2.75, 3.05) is 11.1 Å². The van der Waals surface area contributed by atoms with Gasteiger partial charge in [-0.05, 0) is 24.3 Å². The minimum absolute atomic E-state index is 0.0818. The molecule has 7 heteroatoms. The molecule has 21 heavy (non-hydrogen) atoms. The molecule has 0 aliphatic rings. The summed E-state index contributed by atoms with van der Waals surface area (Å²) in [5.41, 5.74) is 1.90. The molecular weight excluding hydrogens is 288 g/mol. The van der Waals surface area contributed by atoms with Crippen molar-refractivity contribution in [2.45, 2.75) is 11.8 Å². The first-order valence-corrected chi connectivity index (χ1v) is 7.17. The Morgan fingerprint density at radius 1 is 1.48 bits per heavy atom. The molecular formula is C14H14N4O2S. The van der Waals surface area contributed by atoms with Crippen LogP contribution in [-0.2, 0) is 18.4 Å². The lowest BCUT2D eigenvalue weighted by atomic mass is 10.2. The van der Waals surface area contributed by atoms with E-state index in [-0.39, 0.29) is 18.3 Å². The van der Waals surface area contributed by atoms with Crippen LogP contribution < -0.4 is 5.32 Å². The largest absolute Gasteiger partial charge is 0.390 e. The molecule has 1 aromatic heterocycles. The molecule has 2 aromatic rings. The second-order valence-corrected chi connectivity index (χ2v) is 5.22. The van der Waals surface area contributed by atoms with Gasteiger partial charge in [0.2, 0.25) is 5.91 Å². The normalized spacial score (nSPS) is 10.1. The van der Waals surface area contributed by atoms with Crippen LogP contribution in [-0.4, -0.2) is 26.3 Å². The minimum atomic E-state index is -0.154. The Morgan fingerprint density at radius 3 is 2.76 bits per heavy atom. The second-order valence-electron chi connectivity index (χ2n) is 4.28. The first-order valence-electron chi connectivity index (χ1n) is 6.18. The zero-order valence-corrected chi connectivity index (χ0v) is 12.2. The van der Waals surface area contributed by atoms with E-state index in [2.05, 4.69) is 10.3 Å². The van der Waals surface area contributed by atoms with Crippen LogP contribution in [0.1, 0.15) is 11.3 Å². The summed E-state index contributed by atoms with van der Waals surface area (Å²) in [6.07, 6.45) is 1.58. The van der Waals surface area contributed by atoms with Crippen LogP contribution in [0.4, 0.5) is 5.69 Å². The molecule has 1 aromatic carbocycles. The molecule has 0 radical (unpaired) electrons. The lowest BCUT2D eigenvalue weighted by Gasteiger charge is -2.06. The first kappa shape index (κ1) is 15.1. The average Bonchev–Trinajstić information content (AvgIpc) is 2.86. The van der Waals surface area contributed by atoms with E-state index in [0.29, 0.717) is 22.1 Å². The Balaban J connectivity index is 1.89. The number of hydrogen-bond acceptors (Lipinski definition) is 5. The van der Waals surface area contributed by atoms with Crippen LogP contribution in [0.25, 0.3) is 0 Å². The molecule has 0 spiro atoms. The van der Waals surface area contributed by atoms with Gasteiger partial charge in [-0.1, -0.05) is 11.8 Å². The van der Waals surface area contributed by atoms with Gasteiger partial charge in [0.05, 0.1) is 35.9 Å². The van der Waals surface area contributed by atoms with Gasteiger partial charge in [0.25, 0.3) is 0 Å². The van der Waals surface area contributed by atoms with E-state index in [1.54, 1.807) is 42.1 Å². The average molecular weight is 302 g/mol. The van der Waals surface area contributed by atoms with Crippen molar-refractivity contribution >= 4 is 23.4 Å². The highest BCUT2D eigenvalue weighted by Crippen LogP contribution is 2.18. The number of aliphatic hydroxyl groups is 1. The van der Waals surface area contributed by atoms with Crippen molar-refractivity contribution in [3.8, 4) is 6.07 Å². The molecule has 0 aliphatic heterocycles. The lowest BCUT2D eigenvalue weighted by Crippen LogP contribution is -2.14. The molecule has 0 fully saturated rings. The number of aliphatic hydroxyl groups excluding tert-OH is 1. The van der Waals surface area contributed by atoms with Gasteiger partial charge in [0.15, 0.2) is 5.16 Å². The number of rotatable bonds is 5. The summed E-state index contributed by atoms with van der Waals surface area (Å²) in [7, 11) is 1.79. The van der Waals surface area contributed by atoms with E-state index in [0.717, 1.165) is 0 Å². The van der Waals surface area contributed by atoms with Gasteiger partial charge in [-0.3, -0.25) is 4.79 Å². The molecule has 2 N–H and O–H groups in total. The van der Waals surface area contributed by atoms with Gasteiger partial charge in [-0.15, -0.1) is 0 Å². The summed E-state index contributed by atoms with van der Waals surface area (Å²) >= 11 is 1.29. The van der Waals surface area contributed by atoms with Gasteiger partial charge in [-0.2, -0.15) is 5.26 Å². The molecule has 0 saturated carbocycles. The van der Waals surface area contributed by atoms with Gasteiger partial charge < -0.3 is 15.0 Å². The third-order valence-electron chi connectivity index (χ3n) is 2.83. The van der Waals surface area contributed by atoms with Crippen LogP contribution in [0.5, 0.6) is 0 Å². The lowest BCUT2D eigenvalue weighted by molar-refractivity contribution is -0.113. The summed E-state index contributed by atoms with van der Waals surface area (Å²) < 4.78 is 1.75. The first-order chi connectivity index (χ1) is 10.1. The van der Waals surface area contributed by atoms with E-state index in [9.17, 15) is 4.79 Å². The number of thioether (sulfide) groups is 1. The highest BCUT2D eigenvalue weighted by atomic mass is 32.2. The summed E-state index contributed by atoms with van der Waals surface area (Å²) in [4.78, 5) is 16.0. The zero-order valence-electron chi connectivity index (χ0n) is 11.4. The Kier molecular flexibility index (Phi) is 4.98. The van der Waals surface area contributed by atoms with Crippen molar-refractivity contribution < 1.29 is 9.90 Å². The van der Waals surface area contributed by atoms with Crippen molar-refractivity contribution in [3.05, 3.63) is 41.7 Å². The van der Waals surface area contributed by atoms with E-state index in [4.69, 9.17) is 10.4 Å². The second kappa shape index (κ2) is 6.92. The highest BCUT2D eigenvalue weighted by Gasteiger charge is 2.09. The van der Waals surface area contributed by atoms with E-state index in [1.807, 2.05) is 6.07 Å². The van der Waals surface area contributed by atoms with Gasteiger partial charge in [0, 0.05) is 12.7 Å². The van der Waals surface area contributed by atoms with Crippen LogP contribution in [0.2, 0.25) is 0 Å². The van der Waals surface area contributed by atoms with Gasteiger partial charge >= 0.3 is 0 Å². The predicted molar refractivity (Wildman–Crippen MR) is 79.6 cm³/mol. The number of benzene rings is 1. The van der Waals surface area contributed by atoms with E-state index < -0.39 is 0 Å². The molecule has 2 rings (SSSR count). The number of nitrogens with zero attached hydrogens (tertiary/aromatic N) is 3. The van der Waals surface area contributed by atoms with Crippen molar-refractivity contribution in [1.82, 2.24) is 9.55 Å². The fraction of sp³-hybridized carbons (Fsp3) is 0.214. The van der Waals surface area contributed by atoms with E-state index in [1.165, 1.54) is 11.8 Å². The standard InChI is InChI=1S/C14H14N4O2S/c1-18-12(8-19)7-16-14(18)21-9-13(20)17-11-4-2-10(6-15)3-5-11/h2-5,7,19H,8-9H2,1H3,(H,17,20). The highest BCUT2D eigenvalue weighted by molar-refractivity contribution is 7.99. The fourth-order valence-electron chi connectivity index (χ4n) is 1.66.